The molecule has 110 valence electrons. The number of aliphatic hydroxyl groups excluding tert-OH is 1. The first kappa shape index (κ1) is 13.7. The van der Waals surface area contributed by atoms with Gasteiger partial charge < -0.3 is 15.2 Å². The predicted molar refractivity (Wildman–Crippen MR) is 74.1 cm³/mol. The summed E-state index contributed by atoms with van der Waals surface area (Å²) in [6, 6.07) is 2.67. The summed E-state index contributed by atoms with van der Waals surface area (Å²) in [4.78, 5) is 22.8. The number of methoxy groups -OCH3 is 1. The Morgan fingerprint density at radius 1 is 1.29 bits per heavy atom. The zero-order valence-corrected chi connectivity index (χ0v) is 11.4. The molecule has 2 aromatic rings. The van der Waals surface area contributed by atoms with Crippen molar-refractivity contribution in [3.63, 3.8) is 0 Å². The predicted octanol–water partition coefficient (Wildman–Crippen LogP) is 0.829. The van der Waals surface area contributed by atoms with Gasteiger partial charge in [0.05, 0.1) is 12.8 Å². The van der Waals surface area contributed by atoms with Crippen LogP contribution in [0.4, 0.5) is 15.8 Å². The standard InChI is InChI=1S/C14H13FN2O4/c1-5-6-3-4-7(15)9(8(6)14(20)16-5)17-10-11(18)12(19)13(10)21-2/h3-5,14,16-17,20H,1-2H3/t5-,14?/m1/s1. The topological polar surface area (TPSA) is 87.7 Å². The molecule has 0 fully saturated rings. The van der Waals surface area contributed by atoms with Crippen LogP contribution in [0.25, 0.3) is 0 Å². The van der Waals surface area contributed by atoms with E-state index in [1.165, 1.54) is 13.2 Å². The van der Waals surface area contributed by atoms with Gasteiger partial charge in [-0.2, -0.15) is 0 Å². The highest BCUT2D eigenvalue weighted by molar-refractivity contribution is 5.73. The van der Waals surface area contributed by atoms with Crippen molar-refractivity contribution in [1.82, 2.24) is 5.32 Å². The number of anilines is 2. The molecule has 1 aliphatic heterocycles. The largest absolute Gasteiger partial charge is 0.491 e. The third kappa shape index (κ3) is 1.85. The van der Waals surface area contributed by atoms with Crippen LogP contribution in [0.5, 0.6) is 5.75 Å². The van der Waals surface area contributed by atoms with E-state index < -0.39 is 22.9 Å². The van der Waals surface area contributed by atoms with Crippen LogP contribution in [-0.4, -0.2) is 12.2 Å². The second kappa shape index (κ2) is 4.64. The second-order valence-electron chi connectivity index (χ2n) is 4.91. The lowest BCUT2D eigenvalue weighted by atomic mass is 10.0. The Morgan fingerprint density at radius 2 is 2.00 bits per heavy atom. The van der Waals surface area contributed by atoms with Gasteiger partial charge in [-0.3, -0.25) is 14.9 Å². The molecule has 2 aromatic carbocycles. The van der Waals surface area contributed by atoms with Crippen molar-refractivity contribution in [2.45, 2.75) is 19.2 Å². The van der Waals surface area contributed by atoms with Crippen LogP contribution in [0.2, 0.25) is 0 Å². The molecule has 3 rings (SSSR count). The van der Waals surface area contributed by atoms with Crippen molar-refractivity contribution in [3.8, 4) is 5.75 Å². The maximum atomic E-state index is 14.1. The molecule has 3 N–H and O–H groups in total. The Balaban J connectivity index is 2.10. The molecule has 7 heteroatoms. The van der Waals surface area contributed by atoms with E-state index in [4.69, 9.17) is 4.74 Å². The van der Waals surface area contributed by atoms with Crippen LogP contribution in [-0.2, 0) is 0 Å². The van der Waals surface area contributed by atoms with Gasteiger partial charge in [0, 0.05) is 11.6 Å². The van der Waals surface area contributed by atoms with Crippen molar-refractivity contribution in [1.29, 1.82) is 0 Å². The number of hydrogen-bond acceptors (Lipinski definition) is 6. The number of fused-ring (bicyclic) bond motifs is 1. The van der Waals surface area contributed by atoms with E-state index in [9.17, 15) is 19.1 Å². The van der Waals surface area contributed by atoms with Gasteiger partial charge in [0.25, 0.3) is 10.9 Å². The van der Waals surface area contributed by atoms with Crippen molar-refractivity contribution < 1.29 is 14.2 Å². The van der Waals surface area contributed by atoms with Crippen molar-refractivity contribution >= 4 is 11.4 Å². The van der Waals surface area contributed by atoms with Gasteiger partial charge in [0.15, 0.2) is 5.75 Å². The Kier molecular flexibility index (Phi) is 3.03. The number of benzene rings is 1. The number of rotatable bonds is 3. The van der Waals surface area contributed by atoms with Crippen LogP contribution in [0, 0.1) is 5.82 Å². The highest BCUT2D eigenvalue weighted by Gasteiger charge is 2.32. The summed E-state index contributed by atoms with van der Waals surface area (Å²) in [7, 11) is 1.26. The minimum Gasteiger partial charge on any atom is -0.491 e. The van der Waals surface area contributed by atoms with Crippen LogP contribution in [0.15, 0.2) is 21.7 Å². The quantitative estimate of drug-likeness (QED) is 0.726. The van der Waals surface area contributed by atoms with E-state index >= 15 is 0 Å². The summed E-state index contributed by atoms with van der Waals surface area (Å²) in [5, 5.41) is 15.4. The number of hydrogen-bond donors (Lipinski definition) is 3. The van der Waals surface area contributed by atoms with Gasteiger partial charge in [-0.05, 0) is 18.6 Å². The molecule has 0 saturated heterocycles. The molecule has 21 heavy (non-hydrogen) atoms. The summed E-state index contributed by atoms with van der Waals surface area (Å²) in [6.07, 6.45) is -1.05. The first-order chi connectivity index (χ1) is 9.95. The summed E-state index contributed by atoms with van der Waals surface area (Å²) in [6.45, 7) is 1.83. The molecule has 0 amide bonds. The Hall–Kier alpha value is -2.25. The lowest BCUT2D eigenvalue weighted by Crippen LogP contribution is -2.34. The van der Waals surface area contributed by atoms with Crippen LogP contribution < -0.4 is 26.2 Å². The zero-order chi connectivity index (χ0) is 15.3. The molecule has 0 saturated carbocycles. The second-order valence-corrected chi connectivity index (χ2v) is 4.91. The summed E-state index contributed by atoms with van der Waals surface area (Å²) in [5.74, 6) is -0.760. The van der Waals surface area contributed by atoms with Gasteiger partial charge in [-0.15, -0.1) is 0 Å². The van der Waals surface area contributed by atoms with Crippen molar-refractivity contribution in [2.24, 2.45) is 0 Å². The van der Waals surface area contributed by atoms with Crippen LogP contribution in [0.1, 0.15) is 30.3 Å². The number of nitrogens with one attached hydrogen (secondary N) is 2. The first-order valence-corrected chi connectivity index (χ1v) is 6.36. The fourth-order valence-corrected chi connectivity index (χ4v) is 2.62. The average Bonchev–Trinajstić information content (AvgIpc) is 2.75. The third-order valence-corrected chi connectivity index (χ3v) is 3.70. The molecule has 1 heterocycles. The molecule has 0 radical (unpaired) electrons. The van der Waals surface area contributed by atoms with E-state index in [0.29, 0.717) is 5.56 Å². The Labute approximate surface area is 118 Å². The van der Waals surface area contributed by atoms with E-state index in [0.717, 1.165) is 5.56 Å². The van der Waals surface area contributed by atoms with Gasteiger partial charge >= 0.3 is 0 Å². The van der Waals surface area contributed by atoms with Crippen molar-refractivity contribution in [3.05, 3.63) is 49.5 Å². The highest BCUT2D eigenvalue weighted by Crippen LogP contribution is 2.39. The molecule has 0 aromatic heterocycles. The van der Waals surface area contributed by atoms with Gasteiger partial charge in [-0.1, -0.05) is 6.07 Å². The Bertz CT molecular complexity index is 795. The zero-order valence-electron chi connectivity index (χ0n) is 11.4. The van der Waals surface area contributed by atoms with Gasteiger partial charge in [0.2, 0.25) is 0 Å². The molecule has 0 aliphatic carbocycles. The molecular formula is C14H13FN2O4. The number of ether oxygens (including phenoxy) is 1. The van der Waals surface area contributed by atoms with Crippen LogP contribution in [0.3, 0.4) is 0 Å². The third-order valence-electron chi connectivity index (χ3n) is 3.70. The fourth-order valence-electron chi connectivity index (χ4n) is 2.62. The van der Waals surface area contributed by atoms with E-state index in [-0.39, 0.29) is 23.2 Å². The van der Waals surface area contributed by atoms with Gasteiger partial charge in [-0.25, -0.2) is 4.39 Å². The molecular weight excluding hydrogens is 279 g/mol. The molecule has 0 spiro atoms. The molecule has 6 nitrogen and oxygen atoms in total. The fraction of sp³-hybridized carbons (Fsp3) is 0.286. The Morgan fingerprint density at radius 3 is 2.67 bits per heavy atom. The number of aliphatic hydroxyl groups is 1. The summed E-state index contributed by atoms with van der Waals surface area (Å²) < 4.78 is 18.9. The van der Waals surface area contributed by atoms with Crippen LogP contribution >= 0.6 is 0 Å². The first-order valence-electron chi connectivity index (χ1n) is 6.36. The number of halogens is 1. The monoisotopic (exact) mass is 292 g/mol. The summed E-state index contributed by atoms with van der Waals surface area (Å²) in [5.41, 5.74) is -0.581. The van der Waals surface area contributed by atoms with Gasteiger partial charge in [0.1, 0.15) is 17.7 Å². The van der Waals surface area contributed by atoms with E-state index in [2.05, 4.69) is 10.6 Å². The van der Waals surface area contributed by atoms with Crippen molar-refractivity contribution in [2.75, 3.05) is 12.4 Å². The highest BCUT2D eigenvalue weighted by atomic mass is 19.1. The SMILES string of the molecule is COc1c(Nc2c(F)ccc3c2C(O)N[C@@H]3C)c(=O)c1=O. The lowest BCUT2D eigenvalue weighted by Gasteiger charge is -2.16. The average molecular weight is 292 g/mol. The minimum absolute atomic E-state index is 0.0257. The normalized spacial score (nSPS) is 20.6. The maximum absolute atomic E-state index is 14.1. The van der Waals surface area contributed by atoms with E-state index in [1.807, 2.05) is 6.92 Å². The molecule has 2 atom stereocenters. The molecule has 0 bridgehead atoms. The summed E-state index contributed by atoms with van der Waals surface area (Å²) >= 11 is 0. The molecule has 1 aliphatic rings. The lowest BCUT2D eigenvalue weighted by molar-refractivity contribution is 0.144. The maximum Gasteiger partial charge on any atom is 0.272 e. The molecule has 1 unspecified atom stereocenters. The minimum atomic E-state index is -1.05. The van der Waals surface area contributed by atoms with E-state index in [1.54, 1.807) is 6.07 Å². The smallest absolute Gasteiger partial charge is 0.272 e.